The Labute approximate surface area is 78.6 Å². The third-order valence-electron chi connectivity index (χ3n) is 2.01. The molecule has 0 fully saturated rings. The highest BCUT2D eigenvalue weighted by Crippen LogP contribution is 2.14. The van der Waals surface area contributed by atoms with Gasteiger partial charge in [0.1, 0.15) is 0 Å². The fraction of sp³-hybridized carbons (Fsp3) is 0. The number of hydrogen-bond donors (Lipinski definition) is 0. The second-order valence-electron chi connectivity index (χ2n) is 3.03. The summed E-state index contributed by atoms with van der Waals surface area (Å²) in [6.07, 6.45) is 1.56. The Morgan fingerprint density at radius 2 is 1.86 bits per heavy atom. The molecule has 1 nitrogen and oxygen atoms in total. The van der Waals surface area contributed by atoms with Crippen LogP contribution in [-0.2, 0) is 0 Å². The monoisotopic (exact) mass is 196 g/mol. The van der Waals surface area contributed by atoms with E-state index in [9.17, 15) is 12.9 Å². The molecule has 0 aliphatic carbocycles. The zero-order chi connectivity index (χ0) is 10.2. The van der Waals surface area contributed by atoms with Crippen LogP contribution in [0.5, 0.6) is 0 Å². The molecule has 5 heteroatoms. The smallest absolute Gasteiger partial charge is 0.445 e. The van der Waals surface area contributed by atoms with E-state index in [-0.39, 0.29) is 0 Å². The highest BCUT2D eigenvalue weighted by atomic mass is 19.4. The summed E-state index contributed by atoms with van der Waals surface area (Å²) in [5, 5.41) is 0.518. The van der Waals surface area contributed by atoms with E-state index in [0.29, 0.717) is 10.9 Å². The minimum absolute atomic E-state index is 0.518. The van der Waals surface area contributed by atoms with Crippen LogP contribution < -0.4 is 5.46 Å². The van der Waals surface area contributed by atoms with Gasteiger partial charge >= 0.3 is 6.98 Å². The van der Waals surface area contributed by atoms with Crippen molar-refractivity contribution in [1.29, 1.82) is 0 Å². The van der Waals surface area contributed by atoms with Crippen molar-refractivity contribution in [3.05, 3.63) is 36.5 Å². The Morgan fingerprint density at radius 1 is 1.07 bits per heavy atom. The van der Waals surface area contributed by atoms with E-state index < -0.39 is 12.4 Å². The van der Waals surface area contributed by atoms with E-state index >= 15 is 0 Å². The van der Waals surface area contributed by atoms with E-state index in [4.69, 9.17) is 0 Å². The maximum Gasteiger partial charge on any atom is 0.509 e. The van der Waals surface area contributed by atoms with Gasteiger partial charge in [-0.1, -0.05) is 18.2 Å². The van der Waals surface area contributed by atoms with Crippen LogP contribution in [0.25, 0.3) is 10.9 Å². The lowest BCUT2D eigenvalue weighted by Crippen LogP contribution is -2.33. The summed E-state index contributed by atoms with van der Waals surface area (Å²) in [6.45, 7) is -4.91. The van der Waals surface area contributed by atoms with Crippen LogP contribution in [0.15, 0.2) is 36.5 Å². The van der Waals surface area contributed by atoms with E-state index in [2.05, 4.69) is 4.98 Å². The number of aromatic nitrogens is 1. The van der Waals surface area contributed by atoms with Gasteiger partial charge in [-0.3, -0.25) is 4.98 Å². The zero-order valence-electron chi connectivity index (χ0n) is 7.12. The van der Waals surface area contributed by atoms with Crippen molar-refractivity contribution in [2.75, 3.05) is 0 Å². The molecule has 1 aromatic heterocycles. The molecule has 0 aliphatic rings. The van der Waals surface area contributed by atoms with Crippen LogP contribution >= 0.6 is 0 Å². The molecule has 0 saturated heterocycles. The Bertz CT molecular complexity index is 467. The Morgan fingerprint density at radius 3 is 2.57 bits per heavy atom. The van der Waals surface area contributed by atoms with E-state index in [0.717, 1.165) is 12.1 Å². The van der Waals surface area contributed by atoms with Gasteiger partial charge in [0.05, 0.1) is 5.52 Å². The normalized spacial score (nSPS) is 11.9. The molecule has 0 aliphatic heterocycles. The molecule has 14 heavy (non-hydrogen) atoms. The standard InChI is InChI=1S/C9H6BF3N/c11-10(12,13)8-3-4-9-7(6-8)2-1-5-14-9/h1-6H/q-1. The molecule has 1 aromatic carbocycles. The van der Waals surface area contributed by atoms with Crippen LogP contribution in [0, 0.1) is 0 Å². The third kappa shape index (κ3) is 1.57. The van der Waals surface area contributed by atoms with Gasteiger partial charge in [-0.15, -0.1) is 5.46 Å². The van der Waals surface area contributed by atoms with E-state index in [1.165, 1.54) is 6.07 Å². The number of rotatable bonds is 1. The van der Waals surface area contributed by atoms with Crippen LogP contribution in [0.3, 0.4) is 0 Å². The highest BCUT2D eigenvalue weighted by Gasteiger charge is 2.25. The lowest BCUT2D eigenvalue weighted by Gasteiger charge is -2.14. The summed E-state index contributed by atoms with van der Waals surface area (Å²) in [7, 11) is 0. The average molecular weight is 196 g/mol. The van der Waals surface area contributed by atoms with Crippen molar-refractivity contribution in [1.82, 2.24) is 4.98 Å². The quantitative estimate of drug-likeness (QED) is 0.637. The van der Waals surface area contributed by atoms with Crippen molar-refractivity contribution < 1.29 is 12.9 Å². The fourth-order valence-corrected chi connectivity index (χ4v) is 1.30. The van der Waals surface area contributed by atoms with Crippen molar-refractivity contribution >= 4 is 23.3 Å². The van der Waals surface area contributed by atoms with Gasteiger partial charge in [-0.25, -0.2) is 0 Å². The number of pyridine rings is 1. The first-order chi connectivity index (χ1) is 6.57. The van der Waals surface area contributed by atoms with Crippen molar-refractivity contribution in [2.24, 2.45) is 0 Å². The van der Waals surface area contributed by atoms with Gasteiger partial charge in [-0.2, -0.15) is 0 Å². The van der Waals surface area contributed by atoms with E-state index in [1.807, 2.05) is 0 Å². The lowest BCUT2D eigenvalue weighted by molar-refractivity contribution is 0.501. The molecule has 0 amide bonds. The summed E-state index contributed by atoms with van der Waals surface area (Å²) in [5.41, 5.74) is 0.00167. The van der Waals surface area contributed by atoms with E-state index in [1.54, 1.807) is 18.3 Å². The molecule has 0 N–H and O–H groups in total. The van der Waals surface area contributed by atoms with Crippen LogP contribution in [-0.4, -0.2) is 12.0 Å². The fourth-order valence-electron chi connectivity index (χ4n) is 1.30. The minimum Gasteiger partial charge on any atom is -0.445 e. The Balaban J connectivity index is 2.63. The summed E-state index contributed by atoms with van der Waals surface area (Å²) in [4.78, 5) is 3.94. The van der Waals surface area contributed by atoms with Crippen LogP contribution in [0.2, 0.25) is 0 Å². The maximum atomic E-state index is 12.4. The van der Waals surface area contributed by atoms with Gasteiger partial charge in [-0.05, 0) is 17.5 Å². The predicted octanol–water partition coefficient (Wildman–Crippen LogP) is 2.29. The minimum atomic E-state index is -4.91. The van der Waals surface area contributed by atoms with Gasteiger partial charge in [0.15, 0.2) is 0 Å². The molecule has 0 spiro atoms. The third-order valence-corrected chi connectivity index (χ3v) is 2.01. The van der Waals surface area contributed by atoms with Crippen molar-refractivity contribution in [3.8, 4) is 0 Å². The number of hydrogen-bond acceptors (Lipinski definition) is 1. The second kappa shape index (κ2) is 3.01. The van der Waals surface area contributed by atoms with Crippen molar-refractivity contribution in [2.45, 2.75) is 0 Å². The molecule has 2 rings (SSSR count). The lowest BCUT2D eigenvalue weighted by atomic mass is 9.79. The van der Waals surface area contributed by atoms with Gasteiger partial charge < -0.3 is 12.9 Å². The molecule has 0 unspecified atom stereocenters. The number of nitrogens with zero attached hydrogens (tertiary/aromatic N) is 1. The molecular formula is C9H6BF3N-. The average Bonchev–Trinajstić information content (AvgIpc) is 2.16. The maximum absolute atomic E-state index is 12.4. The zero-order valence-corrected chi connectivity index (χ0v) is 7.12. The van der Waals surface area contributed by atoms with Crippen LogP contribution in [0.1, 0.15) is 0 Å². The summed E-state index contributed by atoms with van der Waals surface area (Å²) >= 11 is 0. The molecule has 0 radical (unpaired) electrons. The SMILES string of the molecule is F[B-](F)(F)c1ccc2ncccc2c1. The summed E-state index contributed by atoms with van der Waals surface area (Å²) in [5.74, 6) is 0. The largest absolute Gasteiger partial charge is 0.509 e. The molecule has 0 atom stereocenters. The molecule has 0 bridgehead atoms. The first-order valence-electron chi connectivity index (χ1n) is 4.12. The highest BCUT2D eigenvalue weighted by molar-refractivity contribution is 6.73. The first kappa shape index (κ1) is 9.06. The van der Waals surface area contributed by atoms with Gasteiger partial charge in [0, 0.05) is 6.20 Å². The predicted molar refractivity (Wildman–Crippen MR) is 50.5 cm³/mol. The summed E-state index contributed by atoms with van der Waals surface area (Å²) < 4.78 is 37.1. The number of fused-ring (bicyclic) bond motifs is 1. The van der Waals surface area contributed by atoms with Crippen LogP contribution in [0.4, 0.5) is 12.9 Å². The molecule has 2 aromatic rings. The molecule has 0 saturated carbocycles. The second-order valence-corrected chi connectivity index (χ2v) is 3.03. The topological polar surface area (TPSA) is 12.9 Å². The first-order valence-corrected chi connectivity index (χ1v) is 4.12. The van der Waals surface area contributed by atoms with Gasteiger partial charge in [0.2, 0.25) is 0 Å². The summed E-state index contributed by atoms with van der Waals surface area (Å²) in [6, 6.07) is 6.82. The van der Waals surface area contributed by atoms with Gasteiger partial charge in [0.25, 0.3) is 0 Å². The molecular weight excluding hydrogens is 190 g/mol. The Kier molecular flexibility index (Phi) is 1.95. The Hall–Kier alpha value is -1.52. The van der Waals surface area contributed by atoms with Crippen molar-refractivity contribution in [3.63, 3.8) is 0 Å². The number of halogens is 3. The number of benzene rings is 1. The molecule has 1 heterocycles. The molecule has 72 valence electrons.